The van der Waals surface area contributed by atoms with Gasteiger partial charge in [0.1, 0.15) is 0 Å². The second-order valence-corrected chi connectivity index (χ2v) is 5.52. The van der Waals surface area contributed by atoms with Crippen LogP contribution in [0, 0.1) is 5.92 Å². The third kappa shape index (κ3) is 2.86. The minimum absolute atomic E-state index is 0.168. The number of carbonyl (C=O) groups excluding carboxylic acids is 2. The third-order valence-corrected chi connectivity index (χ3v) is 4.08. The van der Waals surface area contributed by atoms with Crippen LogP contribution in [-0.2, 0) is 4.79 Å². The topological polar surface area (TPSA) is 90.0 Å². The number of hydrogen-bond acceptors (Lipinski definition) is 3. The summed E-state index contributed by atoms with van der Waals surface area (Å²) in [4.78, 5) is 23.8. The summed E-state index contributed by atoms with van der Waals surface area (Å²) in [6, 6.07) is 8.87. The summed E-state index contributed by atoms with van der Waals surface area (Å²) < 4.78 is 1.69. The summed E-state index contributed by atoms with van der Waals surface area (Å²) in [6.45, 7) is 0. The van der Waals surface area contributed by atoms with E-state index in [0.29, 0.717) is 5.56 Å². The molecule has 1 aliphatic rings. The van der Waals surface area contributed by atoms with Crippen molar-refractivity contribution < 1.29 is 9.59 Å². The minimum Gasteiger partial charge on any atom is -0.369 e. The maximum absolute atomic E-state index is 12.4. The Balaban J connectivity index is 1.75. The van der Waals surface area contributed by atoms with E-state index in [1.54, 1.807) is 23.0 Å². The third-order valence-electron chi connectivity index (χ3n) is 4.08. The van der Waals surface area contributed by atoms with E-state index in [4.69, 9.17) is 5.73 Å². The van der Waals surface area contributed by atoms with Crippen molar-refractivity contribution in [3.05, 3.63) is 48.3 Å². The van der Waals surface area contributed by atoms with Crippen LogP contribution in [0.25, 0.3) is 5.69 Å². The van der Waals surface area contributed by atoms with Crippen LogP contribution in [0.5, 0.6) is 0 Å². The Hall–Kier alpha value is -2.63. The van der Waals surface area contributed by atoms with Gasteiger partial charge in [-0.05, 0) is 37.1 Å². The Kier molecular flexibility index (Phi) is 3.91. The number of aromatic nitrogens is 2. The highest BCUT2D eigenvalue weighted by atomic mass is 16.2. The van der Waals surface area contributed by atoms with E-state index in [1.165, 1.54) is 0 Å². The van der Waals surface area contributed by atoms with Crippen molar-refractivity contribution in [1.82, 2.24) is 15.1 Å². The van der Waals surface area contributed by atoms with Gasteiger partial charge in [-0.25, -0.2) is 4.68 Å². The van der Waals surface area contributed by atoms with Gasteiger partial charge < -0.3 is 11.1 Å². The van der Waals surface area contributed by atoms with Crippen molar-refractivity contribution in [2.75, 3.05) is 0 Å². The molecular formula is C16H18N4O2. The molecule has 22 heavy (non-hydrogen) atoms. The molecule has 0 radical (unpaired) electrons. The van der Waals surface area contributed by atoms with Gasteiger partial charge in [0.05, 0.1) is 11.6 Å². The van der Waals surface area contributed by atoms with Gasteiger partial charge in [0, 0.05) is 24.0 Å². The van der Waals surface area contributed by atoms with E-state index < -0.39 is 0 Å². The predicted octanol–water partition coefficient (Wildman–Crippen LogP) is 1.26. The summed E-state index contributed by atoms with van der Waals surface area (Å²) in [5, 5.41) is 7.08. The standard InChI is InChI=1S/C16H18N4O2/c17-15(21)13-6-2-7-14(13)19-16(22)11-4-1-5-12(10-11)20-9-3-8-18-20/h1,3-5,8-10,13-14H,2,6-7H2,(H2,17,21)(H,19,22)/t13-,14-/m1/s1. The van der Waals surface area contributed by atoms with Crippen molar-refractivity contribution in [1.29, 1.82) is 0 Å². The van der Waals surface area contributed by atoms with E-state index in [1.807, 2.05) is 24.4 Å². The fourth-order valence-electron chi connectivity index (χ4n) is 2.94. The lowest BCUT2D eigenvalue weighted by Gasteiger charge is -2.18. The summed E-state index contributed by atoms with van der Waals surface area (Å²) in [7, 11) is 0. The lowest BCUT2D eigenvalue weighted by atomic mass is 10.0. The molecule has 2 amide bonds. The zero-order valence-electron chi connectivity index (χ0n) is 12.1. The number of nitrogens with zero attached hydrogens (tertiary/aromatic N) is 2. The van der Waals surface area contributed by atoms with Crippen LogP contribution in [0.4, 0.5) is 0 Å². The van der Waals surface area contributed by atoms with E-state index in [9.17, 15) is 9.59 Å². The molecule has 1 aliphatic carbocycles. The van der Waals surface area contributed by atoms with Gasteiger partial charge >= 0.3 is 0 Å². The Morgan fingerprint density at radius 3 is 2.86 bits per heavy atom. The molecule has 0 bridgehead atoms. The first-order valence-corrected chi connectivity index (χ1v) is 7.35. The summed E-state index contributed by atoms with van der Waals surface area (Å²) in [5.41, 5.74) is 6.75. The number of nitrogens with one attached hydrogen (secondary N) is 1. The van der Waals surface area contributed by atoms with E-state index in [0.717, 1.165) is 24.9 Å². The smallest absolute Gasteiger partial charge is 0.251 e. The van der Waals surface area contributed by atoms with Gasteiger partial charge in [-0.1, -0.05) is 12.5 Å². The van der Waals surface area contributed by atoms with Crippen molar-refractivity contribution in [2.45, 2.75) is 25.3 Å². The molecule has 3 rings (SSSR count). The SMILES string of the molecule is NC(=O)[C@@H]1CCC[C@H]1NC(=O)c1cccc(-n2cccn2)c1. The van der Waals surface area contributed by atoms with E-state index in [-0.39, 0.29) is 23.8 Å². The molecule has 1 aromatic carbocycles. The molecular weight excluding hydrogens is 280 g/mol. The molecule has 2 atom stereocenters. The van der Waals surface area contributed by atoms with Crippen LogP contribution in [0.3, 0.4) is 0 Å². The molecule has 1 aromatic heterocycles. The highest BCUT2D eigenvalue weighted by Gasteiger charge is 2.32. The number of carbonyl (C=O) groups is 2. The Morgan fingerprint density at radius 2 is 2.14 bits per heavy atom. The maximum Gasteiger partial charge on any atom is 0.251 e. The summed E-state index contributed by atoms with van der Waals surface area (Å²) >= 11 is 0. The van der Waals surface area contributed by atoms with Crippen molar-refractivity contribution in [2.24, 2.45) is 11.7 Å². The molecule has 1 fully saturated rings. The van der Waals surface area contributed by atoms with Crippen molar-refractivity contribution >= 4 is 11.8 Å². The molecule has 1 heterocycles. The van der Waals surface area contributed by atoms with Gasteiger partial charge in [0.25, 0.3) is 5.91 Å². The molecule has 1 saturated carbocycles. The highest BCUT2D eigenvalue weighted by Crippen LogP contribution is 2.25. The monoisotopic (exact) mass is 298 g/mol. The van der Waals surface area contributed by atoms with Crippen LogP contribution < -0.4 is 11.1 Å². The lowest BCUT2D eigenvalue weighted by molar-refractivity contribution is -0.122. The first-order valence-electron chi connectivity index (χ1n) is 7.35. The van der Waals surface area contributed by atoms with Gasteiger partial charge in [-0.3, -0.25) is 9.59 Å². The molecule has 6 nitrogen and oxygen atoms in total. The Morgan fingerprint density at radius 1 is 1.27 bits per heavy atom. The second kappa shape index (κ2) is 6.01. The number of hydrogen-bond donors (Lipinski definition) is 2. The molecule has 2 aromatic rings. The minimum atomic E-state index is -0.340. The molecule has 3 N–H and O–H groups in total. The average molecular weight is 298 g/mol. The largest absolute Gasteiger partial charge is 0.369 e. The van der Waals surface area contributed by atoms with Crippen molar-refractivity contribution in [3.8, 4) is 5.69 Å². The predicted molar refractivity (Wildman–Crippen MR) is 81.4 cm³/mol. The highest BCUT2D eigenvalue weighted by molar-refractivity contribution is 5.95. The molecule has 6 heteroatoms. The Bertz CT molecular complexity index is 681. The molecule has 114 valence electrons. The Labute approximate surface area is 128 Å². The summed E-state index contributed by atoms with van der Waals surface area (Å²) in [5.74, 6) is -0.793. The second-order valence-electron chi connectivity index (χ2n) is 5.52. The van der Waals surface area contributed by atoms with E-state index in [2.05, 4.69) is 10.4 Å². The zero-order chi connectivity index (χ0) is 15.5. The van der Waals surface area contributed by atoms with E-state index >= 15 is 0 Å². The number of primary amides is 1. The van der Waals surface area contributed by atoms with Gasteiger partial charge in [0.15, 0.2) is 0 Å². The number of rotatable bonds is 4. The number of benzene rings is 1. The molecule has 0 spiro atoms. The molecule has 0 saturated heterocycles. The maximum atomic E-state index is 12.4. The van der Waals surface area contributed by atoms with Crippen molar-refractivity contribution in [3.63, 3.8) is 0 Å². The average Bonchev–Trinajstić information content (AvgIpc) is 3.18. The normalized spacial score (nSPS) is 20.7. The van der Waals surface area contributed by atoms with Crippen LogP contribution in [-0.4, -0.2) is 27.6 Å². The van der Waals surface area contributed by atoms with Crippen LogP contribution in [0.2, 0.25) is 0 Å². The quantitative estimate of drug-likeness (QED) is 0.890. The zero-order valence-corrected chi connectivity index (χ0v) is 12.1. The van der Waals surface area contributed by atoms with Gasteiger partial charge in [0.2, 0.25) is 5.91 Å². The molecule has 0 unspecified atom stereocenters. The van der Waals surface area contributed by atoms with Gasteiger partial charge in [-0.15, -0.1) is 0 Å². The fourth-order valence-corrected chi connectivity index (χ4v) is 2.94. The molecule has 0 aliphatic heterocycles. The number of amides is 2. The van der Waals surface area contributed by atoms with Crippen LogP contribution in [0.1, 0.15) is 29.6 Å². The van der Waals surface area contributed by atoms with Crippen LogP contribution in [0.15, 0.2) is 42.7 Å². The summed E-state index contributed by atoms with van der Waals surface area (Å²) in [6.07, 6.45) is 5.94. The van der Waals surface area contributed by atoms with Crippen LogP contribution >= 0.6 is 0 Å². The first-order chi connectivity index (χ1) is 10.6. The lowest BCUT2D eigenvalue weighted by Crippen LogP contribution is -2.42. The van der Waals surface area contributed by atoms with Gasteiger partial charge in [-0.2, -0.15) is 5.10 Å². The number of nitrogens with two attached hydrogens (primary N) is 1. The first kappa shape index (κ1) is 14.3. The fraction of sp³-hybridized carbons (Fsp3) is 0.312.